The van der Waals surface area contributed by atoms with Crippen molar-refractivity contribution in [2.24, 2.45) is 5.73 Å². The van der Waals surface area contributed by atoms with E-state index in [2.05, 4.69) is 43.4 Å². The van der Waals surface area contributed by atoms with Crippen molar-refractivity contribution in [2.75, 3.05) is 6.54 Å². The first-order valence-corrected chi connectivity index (χ1v) is 7.23. The smallest absolute Gasteiger partial charge is 0.220 e. The van der Waals surface area contributed by atoms with Crippen LogP contribution in [0.25, 0.3) is 0 Å². The number of rotatable bonds is 8. The van der Waals surface area contributed by atoms with Gasteiger partial charge >= 0.3 is 0 Å². The van der Waals surface area contributed by atoms with Crippen molar-refractivity contribution in [3.05, 3.63) is 35.4 Å². The van der Waals surface area contributed by atoms with Gasteiger partial charge < -0.3 is 11.1 Å². The highest BCUT2D eigenvalue weighted by Crippen LogP contribution is 2.17. The molecule has 0 spiro atoms. The van der Waals surface area contributed by atoms with E-state index in [0.717, 1.165) is 25.7 Å². The number of amides is 1. The SMILES string of the molecule is CCC(NC(=O)CCCCCN)c1ccc(C)cc1. The van der Waals surface area contributed by atoms with E-state index >= 15 is 0 Å². The van der Waals surface area contributed by atoms with Gasteiger partial charge in [-0.2, -0.15) is 0 Å². The zero-order valence-electron chi connectivity index (χ0n) is 12.1. The van der Waals surface area contributed by atoms with E-state index in [1.54, 1.807) is 0 Å². The maximum Gasteiger partial charge on any atom is 0.220 e. The number of nitrogens with two attached hydrogens (primary N) is 1. The molecule has 0 fully saturated rings. The largest absolute Gasteiger partial charge is 0.349 e. The van der Waals surface area contributed by atoms with Gasteiger partial charge in [-0.05, 0) is 38.3 Å². The van der Waals surface area contributed by atoms with Crippen molar-refractivity contribution < 1.29 is 4.79 Å². The first-order chi connectivity index (χ1) is 9.17. The third-order valence-corrected chi connectivity index (χ3v) is 3.33. The van der Waals surface area contributed by atoms with Crippen LogP contribution in [0.2, 0.25) is 0 Å². The summed E-state index contributed by atoms with van der Waals surface area (Å²) in [6, 6.07) is 8.50. The summed E-state index contributed by atoms with van der Waals surface area (Å²) in [7, 11) is 0. The Bertz CT molecular complexity index is 373. The molecule has 1 unspecified atom stereocenters. The molecule has 0 aliphatic heterocycles. The fourth-order valence-corrected chi connectivity index (χ4v) is 2.09. The van der Waals surface area contributed by atoms with Crippen LogP contribution in [-0.4, -0.2) is 12.5 Å². The highest BCUT2D eigenvalue weighted by Gasteiger charge is 2.11. The summed E-state index contributed by atoms with van der Waals surface area (Å²) in [5.41, 5.74) is 7.86. The highest BCUT2D eigenvalue weighted by atomic mass is 16.1. The molecule has 3 nitrogen and oxygen atoms in total. The Morgan fingerprint density at radius 3 is 2.47 bits per heavy atom. The number of carbonyl (C=O) groups excluding carboxylic acids is 1. The van der Waals surface area contributed by atoms with Gasteiger partial charge in [-0.3, -0.25) is 4.79 Å². The molecule has 0 aliphatic carbocycles. The van der Waals surface area contributed by atoms with Gasteiger partial charge in [-0.15, -0.1) is 0 Å². The molecule has 1 rings (SSSR count). The zero-order chi connectivity index (χ0) is 14.1. The van der Waals surface area contributed by atoms with E-state index < -0.39 is 0 Å². The average Bonchev–Trinajstić information content (AvgIpc) is 2.42. The normalized spacial score (nSPS) is 12.2. The van der Waals surface area contributed by atoms with Crippen molar-refractivity contribution in [2.45, 2.75) is 52.0 Å². The van der Waals surface area contributed by atoms with Crippen LogP contribution in [-0.2, 0) is 4.79 Å². The lowest BCUT2D eigenvalue weighted by atomic mass is 10.0. The fraction of sp³-hybridized carbons (Fsp3) is 0.562. The number of hydrogen-bond donors (Lipinski definition) is 2. The lowest BCUT2D eigenvalue weighted by molar-refractivity contribution is -0.122. The maximum absolute atomic E-state index is 11.9. The average molecular weight is 262 g/mol. The molecule has 0 aliphatic rings. The fourth-order valence-electron chi connectivity index (χ4n) is 2.09. The predicted molar refractivity (Wildman–Crippen MR) is 79.9 cm³/mol. The van der Waals surface area contributed by atoms with Crippen LogP contribution in [0.4, 0.5) is 0 Å². The Morgan fingerprint density at radius 2 is 1.89 bits per heavy atom. The Morgan fingerprint density at radius 1 is 1.21 bits per heavy atom. The molecule has 0 radical (unpaired) electrons. The summed E-state index contributed by atoms with van der Waals surface area (Å²) < 4.78 is 0. The van der Waals surface area contributed by atoms with Crippen molar-refractivity contribution in [3.63, 3.8) is 0 Å². The quantitative estimate of drug-likeness (QED) is 0.707. The number of unbranched alkanes of at least 4 members (excludes halogenated alkanes) is 2. The molecule has 106 valence electrons. The second-order valence-corrected chi connectivity index (χ2v) is 5.04. The summed E-state index contributed by atoms with van der Waals surface area (Å²) in [5, 5.41) is 3.11. The molecule has 0 bridgehead atoms. The summed E-state index contributed by atoms with van der Waals surface area (Å²) in [6.07, 6.45) is 4.47. The summed E-state index contributed by atoms with van der Waals surface area (Å²) in [4.78, 5) is 11.9. The molecule has 1 atom stereocenters. The molecule has 0 saturated carbocycles. The van der Waals surface area contributed by atoms with Crippen LogP contribution in [0.5, 0.6) is 0 Å². The third kappa shape index (κ3) is 5.88. The number of aryl methyl sites for hydroxylation is 1. The van der Waals surface area contributed by atoms with E-state index in [1.807, 2.05) is 0 Å². The topological polar surface area (TPSA) is 55.1 Å². The summed E-state index contributed by atoms with van der Waals surface area (Å²) >= 11 is 0. The van der Waals surface area contributed by atoms with Crippen LogP contribution < -0.4 is 11.1 Å². The highest BCUT2D eigenvalue weighted by molar-refractivity contribution is 5.76. The van der Waals surface area contributed by atoms with Crippen LogP contribution in [0.1, 0.15) is 56.2 Å². The number of benzene rings is 1. The van der Waals surface area contributed by atoms with Crippen LogP contribution in [0.15, 0.2) is 24.3 Å². The molecular formula is C16H26N2O. The molecule has 1 aromatic rings. The minimum atomic E-state index is 0.127. The van der Waals surface area contributed by atoms with E-state index in [1.165, 1.54) is 11.1 Å². The van der Waals surface area contributed by atoms with Gasteiger partial charge in [0.25, 0.3) is 0 Å². The Hall–Kier alpha value is -1.35. The second kappa shape index (κ2) is 8.70. The molecular weight excluding hydrogens is 236 g/mol. The molecule has 1 aromatic carbocycles. The van der Waals surface area contributed by atoms with Crippen molar-refractivity contribution >= 4 is 5.91 Å². The second-order valence-electron chi connectivity index (χ2n) is 5.04. The van der Waals surface area contributed by atoms with Crippen LogP contribution >= 0.6 is 0 Å². The third-order valence-electron chi connectivity index (χ3n) is 3.33. The lowest BCUT2D eigenvalue weighted by Gasteiger charge is -2.17. The Labute approximate surface area is 116 Å². The molecule has 1 amide bonds. The summed E-state index contributed by atoms with van der Waals surface area (Å²) in [6.45, 7) is 4.88. The molecule has 0 aromatic heterocycles. The molecule has 3 N–H and O–H groups in total. The molecule has 0 saturated heterocycles. The van der Waals surface area contributed by atoms with Gasteiger partial charge in [0.1, 0.15) is 0 Å². The monoisotopic (exact) mass is 262 g/mol. The van der Waals surface area contributed by atoms with Crippen LogP contribution in [0.3, 0.4) is 0 Å². The molecule has 3 heteroatoms. The van der Waals surface area contributed by atoms with E-state index in [0.29, 0.717) is 13.0 Å². The standard InChI is InChI=1S/C16H26N2O/c1-3-15(14-10-8-13(2)9-11-14)18-16(19)7-5-4-6-12-17/h8-11,15H,3-7,12,17H2,1-2H3,(H,18,19). The van der Waals surface area contributed by atoms with E-state index in [4.69, 9.17) is 5.73 Å². The summed E-state index contributed by atoms with van der Waals surface area (Å²) in [5.74, 6) is 0.143. The van der Waals surface area contributed by atoms with Gasteiger partial charge in [-0.1, -0.05) is 43.2 Å². The minimum absolute atomic E-state index is 0.127. The lowest BCUT2D eigenvalue weighted by Crippen LogP contribution is -2.27. The number of carbonyl (C=O) groups is 1. The molecule has 19 heavy (non-hydrogen) atoms. The van der Waals surface area contributed by atoms with Crippen molar-refractivity contribution in [1.29, 1.82) is 0 Å². The van der Waals surface area contributed by atoms with E-state index in [-0.39, 0.29) is 11.9 Å². The maximum atomic E-state index is 11.9. The van der Waals surface area contributed by atoms with Crippen molar-refractivity contribution in [1.82, 2.24) is 5.32 Å². The molecule has 0 heterocycles. The van der Waals surface area contributed by atoms with E-state index in [9.17, 15) is 4.79 Å². The van der Waals surface area contributed by atoms with Gasteiger partial charge in [0.2, 0.25) is 5.91 Å². The first kappa shape index (κ1) is 15.7. The van der Waals surface area contributed by atoms with Gasteiger partial charge in [-0.25, -0.2) is 0 Å². The zero-order valence-corrected chi connectivity index (χ0v) is 12.1. The van der Waals surface area contributed by atoms with Crippen molar-refractivity contribution in [3.8, 4) is 0 Å². The van der Waals surface area contributed by atoms with Crippen LogP contribution in [0, 0.1) is 6.92 Å². The van der Waals surface area contributed by atoms with Gasteiger partial charge in [0.05, 0.1) is 6.04 Å². The number of nitrogens with one attached hydrogen (secondary N) is 1. The minimum Gasteiger partial charge on any atom is -0.349 e. The Kier molecular flexibility index (Phi) is 7.19. The van der Waals surface area contributed by atoms with Gasteiger partial charge in [0, 0.05) is 6.42 Å². The van der Waals surface area contributed by atoms with Gasteiger partial charge in [0.15, 0.2) is 0 Å². The Balaban J connectivity index is 2.43. The first-order valence-electron chi connectivity index (χ1n) is 7.23. The number of hydrogen-bond acceptors (Lipinski definition) is 2. The predicted octanol–water partition coefficient (Wildman–Crippen LogP) is 3.08.